The molecule has 198 valence electrons. The number of carbonyl (C=O) groups is 2. The molecule has 2 amide bonds. The molecule has 1 aromatic carbocycles. The Bertz CT molecular complexity index is 1450. The SMILES string of the molecule is CC1CC2(C1)C(=O)Nc1cnc3ccc(-c4cnc(OCC5CN(C(=O)OC(C)(C)C)C5)c(N)c4)cc3c12. The Balaban J connectivity index is 1.17. The molecule has 0 atom stereocenters. The normalized spacial score (nSPS) is 22.6. The number of likely N-dealkylation sites (tertiary alicyclic amines) is 1. The second kappa shape index (κ2) is 8.58. The van der Waals surface area contributed by atoms with Gasteiger partial charge in [-0.05, 0) is 63.3 Å². The maximum absolute atomic E-state index is 12.9. The zero-order valence-electron chi connectivity index (χ0n) is 22.2. The number of carbonyl (C=O) groups excluding carboxylic acids is 2. The van der Waals surface area contributed by atoms with Crippen molar-refractivity contribution in [3.8, 4) is 17.0 Å². The summed E-state index contributed by atoms with van der Waals surface area (Å²) in [5.74, 6) is 1.19. The fraction of sp³-hybridized carbons (Fsp3) is 0.448. The van der Waals surface area contributed by atoms with Crippen molar-refractivity contribution in [3.63, 3.8) is 0 Å². The van der Waals surface area contributed by atoms with Crippen LogP contribution in [0.1, 0.15) is 46.1 Å². The molecule has 3 aromatic rings. The molecule has 2 fully saturated rings. The molecule has 1 aliphatic carbocycles. The van der Waals surface area contributed by atoms with Crippen molar-refractivity contribution in [2.75, 3.05) is 30.7 Å². The Morgan fingerprint density at radius 3 is 2.61 bits per heavy atom. The Labute approximate surface area is 221 Å². The first kappa shape index (κ1) is 24.5. The van der Waals surface area contributed by atoms with Crippen LogP contribution in [0.4, 0.5) is 16.2 Å². The molecule has 0 radical (unpaired) electrons. The van der Waals surface area contributed by atoms with Crippen LogP contribution >= 0.6 is 0 Å². The summed E-state index contributed by atoms with van der Waals surface area (Å²) in [6.45, 7) is 9.34. The van der Waals surface area contributed by atoms with Gasteiger partial charge in [-0.15, -0.1) is 0 Å². The first-order valence-corrected chi connectivity index (χ1v) is 13.1. The van der Waals surface area contributed by atoms with Gasteiger partial charge in [-0.1, -0.05) is 13.0 Å². The van der Waals surface area contributed by atoms with Gasteiger partial charge in [0.05, 0.1) is 35.1 Å². The lowest BCUT2D eigenvalue weighted by molar-refractivity contribution is -0.125. The third-order valence-corrected chi connectivity index (χ3v) is 7.70. The van der Waals surface area contributed by atoms with Crippen LogP contribution in [-0.4, -0.2) is 52.2 Å². The topological polar surface area (TPSA) is 120 Å². The number of ether oxygens (including phenoxy) is 2. The third-order valence-electron chi connectivity index (χ3n) is 7.70. The Kier molecular flexibility index (Phi) is 5.52. The molecule has 1 saturated heterocycles. The van der Waals surface area contributed by atoms with Gasteiger partial charge in [0.1, 0.15) is 5.60 Å². The summed E-state index contributed by atoms with van der Waals surface area (Å²) in [5.41, 5.74) is 10.4. The van der Waals surface area contributed by atoms with Crippen LogP contribution < -0.4 is 15.8 Å². The van der Waals surface area contributed by atoms with E-state index >= 15 is 0 Å². The number of amides is 2. The molecule has 3 aliphatic rings. The highest BCUT2D eigenvalue weighted by Crippen LogP contribution is 2.55. The quantitative estimate of drug-likeness (QED) is 0.515. The van der Waals surface area contributed by atoms with Crippen LogP contribution in [0.2, 0.25) is 0 Å². The van der Waals surface area contributed by atoms with E-state index in [9.17, 15) is 9.59 Å². The smallest absolute Gasteiger partial charge is 0.410 e. The van der Waals surface area contributed by atoms with Gasteiger partial charge in [-0.2, -0.15) is 0 Å². The van der Waals surface area contributed by atoms with Crippen LogP contribution in [-0.2, 0) is 14.9 Å². The molecule has 9 heteroatoms. The Hall–Kier alpha value is -3.88. The number of hydrogen-bond donors (Lipinski definition) is 2. The summed E-state index contributed by atoms with van der Waals surface area (Å²) in [7, 11) is 0. The molecule has 0 unspecified atom stereocenters. The zero-order valence-corrected chi connectivity index (χ0v) is 22.2. The average molecular weight is 516 g/mol. The van der Waals surface area contributed by atoms with E-state index in [1.54, 1.807) is 17.3 Å². The zero-order chi connectivity index (χ0) is 26.8. The van der Waals surface area contributed by atoms with Gasteiger partial charge in [0.2, 0.25) is 11.8 Å². The fourth-order valence-corrected chi connectivity index (χ4v) is 5.95. The Morgan fingerprint density at radius 1 is 1.16 bits per heavy atom. The van der Waals surface area contributed by atoms with Crippen molar-refractivity contribution in [2.24, 2.45) is 11.8 Å². The van der Waals surface area contributed by atoms with E-state index in [1.165, 1.54) is 0 Å². The van der Waals surface area contributed by atoms with Crippen LogP contribution in [0.25, 0.3) is 22.0 Å². The van der Waals surface area contributed by atoms with E-state index in [1.807, 2.05) is 39.0 Å². The highest BCUT2D eigenvalue weighted by Gasteiger charge is 2.55. The van der Waals surface area contributed by atoms with Crippen molar-refractivity contribution in [1.82, 2.24) is 14.9 Å². The molecule has 3 N–H and O–H groups in total. The minimum atomic E-state index is -0.508. The predicted octanol–water partition coefficient (Wildman–Crippen LogP) is 4.74. The molecule has 2 aromatic heterocycles. The number of benzene rings is 1. The highest BCUT2D eigenvalue weighted by molar-refractivity contribution is 6.11. The van der Waals surface area contributed by atoms with Crippen molar-refractivity contribution in [3.05, 3.63) is 42.2 Å². The number of nitrogens with zero attached hydrogens (tertiary/aromatic N) is 3. The third kappa shape index (κ3) is 4.10. The average Bonchev–Trinajstić information content (AvgIpc) is 3.09. The Morgan fingerprint density at radius 2 is 1.92 bits per heavy atom. The summed E-state index contributed by atoms with van der Waals surface area (Å²) in [5, 5.41) is 4.04. The number of nitrogen functional groups attached to an aromatic ring is 1. The minimum absolute atomic E-state index is 0.0818. The summed E-state index contributed by atoms with van der Waals surface area (Å²) in [6.07, 6.45) is 4.93. The molecular formula is C29H33N5O4. The molecule has 1 saturated carbocycles. The van der Waals surface area contributed by atoms with E-state index in [2.05, 4.69) is 28.3 Å². The van der Waals surface area contributed by atoms with E-state index < -0.39 is 11.0 Å². The standard InChI is InChI=1S/C29H33N5O4/c1-16-9-29(10-16)24-20-7-18(5-6-22(20)31-12-23(24)33-26(29)35)19-8-21(30)25(32-11-19)37-15-17-13-34(14-17)27(36)38-28(2,3)4/h5-8,11-12,16-17H,9-10,13-15,30H2,1-4H3,(H,33,35). The maximum atomic E-state index is 12.9. The lowest BCUT2D eigenvalue weighted by atomic mass is 9.59. The largest absolute Gasteiger partial charge is 0.476 e. The van der Waals surface area contributed by atoms with E-state index in [4.69, 9.17) is 15.2 Å². The minimum Gasteiger partial charge on any atom is -0.476 e. The monoisotopic (exact) mass is 515 g/mol. The van der Waals surface area contributed by atoms with Gasteiger partial charge in [-0.25, -0.2) is 9.78 Å². The van der Waals surface area contributed by atoms with Gasteiger partial charge >= 0.3 is 6.09 Å². The first-order valence-electron chi connectivity index (χ1n) is 13.1. The lowest BCUT2D eigenvalue weighted by Crippen LogP contribution is -2.53. The highest BCUT2D eigenvalue weighted by atomic mass is 16.6. The number of anilines is 2. The van der Waals surface area contributed by atoms with Crippen LogP contribution in [0.15, 0.2) is 36.7 Å². The van der Waals surface area contributed by atoms with E-state index in [0.717, 1.165) is 46.1 Å². The molecule has 4 heterocycles. The number of aromatic nitrogens is 2. The number of fused-ring (bicyclic) bond motifs is 4. The van der Waals surface area contributed by atoms with E-state index in [-0.39, 0.29) is 17.9 Å². The summed E-state index contributed by atoms with van der Waals surface area (Å²) in [4.78, 5) is 35.8. The maximum Gasteiger partial charge on any atom is 0.410 e. The summed E-state index contributed by atoms with van der Waals surface area (Å²) < 4.78 is 11.3. The van der Waals surface area contributed by atoms with Gasteiger partial charge in [0.25, 0.3) is 0 Å². The molecule has 1 spiro atoms. The van der Waals surface area contributed by atoms with Crippen molar-refractivity contribution < 1.29 is 19.1 Å². The lowest BCUT2D eigenvalue weighted by Gasteiger charge is -2.42. The van der Waals surface area contributed by atoms with Gasteiger partial charge in [0.15, 0.2) is 0 Å². The molecule has 6 rings (SSSR count). The number of nitrogens with one attached hydrogen (secondary N) is 1. The van der Waals surface area contributed by atoms with Gasteiger partial charge in [0, 0.05) is 41.7 Å². The van der Waals surface area contributed by atoms with Gasteiger partial charge in [-0.3, -0.25) is 9.78 Å². The van der Waals surface area contributed by atoms with Crippen LogP contribution in [0.3, 0.4) is 0 Å². The van der Waals surface area contributed by atoms with Crippen molar-refractivity contribution >= 4 is 34.3 Å². The second-order valence-corrected chi connectivity index (χ2v) is 12.0. The molecule has 2 aliphatic heterocycles. The first-order chi connectivity index (χ1) is 18.0. The fourth-order valence-electron chi connectivity index (χ4n) is 5.95. The van der Waals surface area contributed by atoms with Crippen molar-refractivity contribution in [1.29, 1.82) is 0 Å². The molecule has 38 heavy (non-hydrogen) atoms. The molecule has 9 nitrogen and oxygen atoms in total. The summed E-state index contributed by atoms with van der Waals surface area (Å²) in [6, 6.07) is 7.93. The number of nitrogens with two attached hydrogens (primary N) is 1. The van der Waals surface area contributed by atoms with Crippen LogP contribution in [0.5, 0.6) is 5.88 Å². The van der Waals surface area contributed by atoms with E-state index in [0.29, 0.717) is 37.2 Å². The summed E-state index contributed by atoms with van der Waals surface area (Å²) >= 11 is 0. The predicted molar refractivity (Wildman–Crippen MR) is 145 cm³/mol. The molecule has 0 bridgehead atoms. The number of pyridine rings is 2. The van der Waals surface area contributed by atoms with Crippen molar-refractivity contribution in [2.45, 2.75) is 51.6 Å². The second-order valence-electron chi connectivity index (χ2n) is 12.0. The van der Waals surface area contributed by atoms with Crippen LogP contribution in [0, 0.1) is 11.8 Å². The molecular weight excluding hydrogens is 482 g/mol. The van der Waals surface area contributed by atoms with Gasteiger partial charge < -0.3 is 25.4 Å². The number of hydrogen-bond acceptors (Lipinski definition) is 7. The number of rotatable bonds is 4.